The monoisotopic (exact) mass is 395 g/mol. The van der Waals surface area contributed by atoms with Crippen LogP contribution in [0, 0.1) is 5.82 Å². The molecule has 29 heavy (non-hydrogen) atoms. The fraction of sp³-hybridized carbons (Fsp3) is 0.227. The third-order valence-corrected chi connectivity index (χ3v) is 4.95. The van der Waals surface area contributed by atoms with Crippen molar-refractivity contribution >= 4 is 5.69 Å². The zero-order chi connectivity index (χ0) is 20.2. The zero-order valence-electron chi connectivity index (χ0n) is 15.7. The Bertz CT molecular complexity index is 979. The molecule has 6 nitrogen and oxygen atoms in total. The molecule has 1 atom stereocenters. The van der Waals surface area contributed by atoms with Crippen molar-refractivity contribution in [3.05, 3.63) is 83.4 Å². The van der Waals surface area contributed by atoms with Crippen LogP contribution >= 0.6 is 0 Å². The number of pyridine rings is 1. The van der Waals surface area contributed by atoms with E-state index < -0.39 is 6.29 Å². The lowest BCUT2D eigenvalue weighted by Crippen LogP contribution is -2.34. The van der Waals surface area contributed by atoms with Crippen LogP contribution in [0.2, 0.25) is 0 Å². The minimum Gasteiger partial charge on any atom is -0.457 e. The second-order valence-electron chi connectivity index (χ2n) is 6.89. The molecule has 0 spiro atoms. The molecule has 0 bridgehead atoms. The first-order valence-electron chi connectivity index (χ1n) is 9.44. The van der Waals surface area contributed by atoms with Crippen molar-refractivity contribution in [2.24, 2.45) is 0 Å². The summed E-state index contributed by atoms with van der Waals surface area (Å²) in [7, 11) is 0. The Kier molecular flexibility index (Phi) is 5.71. The van der Waals surface area contributed by atoms with E-state index in [0.717, 1.165) is 18.5 Å². The standard InChI is InChI=1S/C22H22FN3O3/c23-15-1-3-16(4-2-15)29-17-5-6-18-14(11-17)7-10-25-21(18)13-26-20-12-24-9-8-19(20)22(27)28/h1-6,8-9,11-12,21-22,25-28H,7,10,13H2/t21-/m1/s1. The van der Waals surface area contributed by atoms with Gasteiger partial charge in [-0.05, 0) is 66.6 Å². The van der Waals surface area contributed by atoms with Gasteiger partial charge < -0.3 is 25.6 Å². The number of anilines is 1. The smallest absolute Gasteiger partial charge is 0.180 e. The summed E-state index contributed by atoms with van der Waals surface area (Å²) < 4.78 is 18.9. The number of aliphatic hydroxyl groups excluding tert-OH is 1. The van der Waals surface area contributed by atoms with E-state index in [-0.39, 0.29) is 11.9 Å². The van der Waals surface area contributed by atoms with Crippen molar-refractivity contribution in [3.8, 4) is 11.5 Å². The Labute approximate surface area is 168 Å². The molecule has 1 aliphatic heterocycles. The van der Waals surface area contributed by atoms with Gasteiger partial charge in [-0.3, -0.25) is 4.98 Å². The molecule has 2 heterocycles. The summed E-state index contributed by atoms with van der Waals surface area (Å²) in [6.45, 7) is 1.39. The molecule has 0 saturated heterocycles. The van der Waals surface area contributed by atoms with Gasteiger partial charge in [0.15, 0.2) is 6.29 Å². The number of aromatic nitrogens is 1. The number of aliphatic hydroxyl groups is 2. The van der Waals surface area contributed by atoms with Gasteiger partial charge in [-0.2, -0.15) is 0 Å². The molecule has 1 aliphatic rings. The van der Waals surface area contributed by atoms with Crippen LogP contribution in [0.1, 0.15) is 29.0 Å². The minimum absolute atomic E-state index is 0.0579. The van der Waals surface area contributed by atoms with Crippen LogP contribution in [0.15, 0.2) is 60.9 Å². The van der Waals surface area contributed by atoms with Gasteiger partial charge in [0.25, 0.3) is 0 Å². The number of benzene rings is 2. The molecule has 7 heteroatoms. The SMILES string of the molecule is OC(O)c1ccncc1NC[C@H]1NCCc2cc(Oc3ccc(F)cc3)ccc21. The fourth-order valence-electron chi connectivity index (χ4n) is 3.50. The molecule has 0 saturated carbocycles. The molecule has 4 rings (SSSR count). The molecule has 4 N–H and O–H groups in total. The van der Waals surface area contributed by atoms with Crippen LogP contribution in [-0.4, -0.2) is 28.3 Å². The Hall–Kier alpha value is -3.00. The van der Waals surface area contributed by atoms with Crippen molar-refractivity contribution in [2.75, 3.05) is 18.4 Å². The number of ether oxygens (including phenoxy) is 1. The maximum absolute atomic E-state index is 13.1. The Morgan fingerprint density at radius 3 is 2.72 bits per heavy atom. The number of rotatable bonds is 6. The molecule has 0 aliphatic carbocycles. The summed E-state index contributed by atoms with van der Waals surface area (Å²) in [4.78, 5) is 4.05. The molecule has 3 aromatic rings. The topological polar surface area (TPSA) is 86.6 Å². The number of nitrogens with zero attached hydrogens (tertiary/aromatic N) is 1. The van der Waals surface area contributed by atoms with E-state index >= 15 is 0 Å². The second-order valence-corrected chi connectivity index (χ2v) is 6.89. The quantitative estimate of drug-likeness (QED) is 0.479. The predicted molar refractivity (Wildman–Crippen MR) is 107 cm³/mol. The lowest BCUT2D eigenvalue weighted by atomic mass is 9.94. The largest absolute Gasteiger partial charge is 0.457 e. The third kappa shape index (κ3) is 4.54. The van der Waals surface area contributed by atoms with Gasteiger partial charge in [0.05, 0.1) is 11.9 Å². The Balaban J connectivity index is 1.48. The maximum Gasteiger partial charge on any atom is 0.180 e. The van der Waals surface area contributed by atoms with E-state index in [1.165, 1.54) is 23.9 Å². The van der Waals surface area contributed by atoms with E-state index in [0.29, 0.717) is 29.3 Å². The van der Waals surface area contributed by atoms with Gasteiger partial charge in [-0.15, -0.1) is 0 Å². The number of halogens is 1. The molecular formula is C22H22FN3O3. The second kappa shape index (κ2) is 8.57. The number of hydrogen-bond acceptors (Lipinski definition) is 6. The van der Waals surface area contributed by atoms with Crippen molar-refractivity contribution in [1.82, 2.24) is 10.3 Å². The highest BCUT2D eigenvalue weighted by molar-refractivity contribution is 5.50. The molecule has 0 radical (unpaired) electrons. The summed E-state index contributed by atoms with van der Waals surface area (Å²) in [5.41, 5.74) is 3.32. The van der Waals surface area contributed by atoms with Gasteiger partial charge in [0, 0.05) is 24.3 Å². The van der Waals surface area contributed by atoms with E-state index in [1.54, 1.807) is 24.4 Å². The fourth-order valence-corrected chi connectivity index (χ4v) is 3.50. The van der Waals surface area contributed by atoms with E-state index in [4.69, 9.17) is 4.74 Å². The van der Waals surface area contributed by atoms with Gasteiger partial charge >= 0.3 is 0 Å². The van der Waals surface area contributed by atoms with Gasteiger partial charge in [0.2, 0.25) is 0 Å². The average Bonchev–Trinajstić information content (AvgIpc) is 2.74. The van der Waals surface area contributed by atoms with Crippen LogP contribution in [0.5, 0.6) is 11.5 Å². The van der Waals surface area contributed by atoms with Crippen molar-refractivity contribution in [1.29, 1.82) is 0 Å². The predicted octanol–water partition coefficient (Wildman–Crippen LogP) is 3.30. The molecular weight excluding hydrogens is 373 g/mol. The number of fused-ring (bicyclic) bond motifs is 1. The van der Waals surface area contributed by atoms with Crippen LogP contribution in [0.25, 0.3) is 0 Å². The van der Waals surface area contributed by atoms with E-state index in [2.05, 4.69) is 15.6 Å². The average molecular weight is 395 g/mol. The minimum atomic E-state index is -1.56. The van der Waals surface area contributed by atoms with Crippen LogP contribution in [0.4, 0.5) is 10.1 Å². The highest BCUT2D eigenvalue weighted by atomic mass is 19.1. The Morgan fingerprint density at radius 2 is 1.93 bits per heavy atom. The van der Waals surface area contributed by atoms with Gasteiger partial charge in [-0.1, -0.05) is 6.07 Å². The molecule has 2 aromatic carbocycles. The van der Waals surface area contributed by atoms with Gasteiger partial charge in [-0.25, -0.2) is 4.39 Å². The van der Waals surface area contributed by atoms with E-state index in [1.807, 2.05) is 18.2 Å². The molecule has 1 aromatic heterocycles. The van der Waals surface area contributed by atoms with Crippen molar-refractivity contribution in [3.63, 3.8) is 0 Å². The molecule has 150 valence electrons. The van der Waals surface area contributed by atoms with Crippen LogP contribution in [-0.2, 0) is 6.42 Å². The first kappa shape index (κ1) is 19.3. The maximum atomic E-state index is 13.1. The van der Waals surface area contributed by atoms with Crippen LogP contribution < -0.4 is 15.4 Å². The normalized spacial score (nSPS) is 15.8. The third-order valence-electron chi connectivity index (χ3n) is 4.95. The highest BCUT2D eigenvalue weighted by Crippen LogP contribution is 2.30. The zero-order valence-corrected chi connectivity index (χ0v) is 15.7. The van der Waals surface area contributed by atoms with Gasteiger partial charge in [0.1, 0.15) is 17.3 Å². The van der Waals surface area contributed by atoms with Crippen LogP contribution in [0.3, 0.4) is 0 Å². The first-order chi connectivity index (χ1) is 14.1. The summed E-state index contributed by atoms with van der Waals surface area (Å²) in [6.07, 6.45) is 2.42. The summed E-state index contributed by atoms with van der Waals surface area (Å²) in [5.74, 6) is 1.00. The van der Waals surface area contributed by atoms with Crippen molar-refractivity contribution in [2.45, 2.75) is 18.8 Å². The number of hydrogen-bond donors (Lipinski definition) is 4. The lowest BCUT2D eigenvalue weighted by molar-refractivity contribution is -0.0419. The Morgan fingerprint density at radius 1 is 1.14 bits per heavy atom. The summed E-state index contributed by atoms with van der Waals surface area (Å²) in [6, 6.07) is 13.5. The number of nitrogens with one attached hydrogen (secondary N) is 2. The lowest BCUT2D eigenvalue weighted by Gasteiger charge is -2.28. The van der Waals surface area contributed by atoms with Crippen molar-refractivity contribution < 1.29 is 19.3 Å². The summed E-state index contributed by atoms with van der Waals surface area (Å²) in [5, 5.41) is 25.7. The summed E-state index contributed by atoms with van der Waals surface area (Å²) >= 11 is 0. The highest BCUT2D eigenvalue weighted by Gasteiger charge is 2.21. The molecule has 0 amide bonds. The molecule has 0 unspecified atom stereocenters. The van der Waals surface area contributed by atoms with E-state index in [9.17, 15) is 14.6 Å². The molecule has 0 fully saturated rings. The first-order valence-corrected chi connectivity index (χ1v) is 9.44.